The summed E-state index contributed by atoms with van der Waals surface area (Å²) in [4.78, 5) is 15.9. The first-order valence-electron chi connectivity index (χ1n) is 8.01. The minimum atomic E-state index is -0.119. The van der Waals surface area contributed by atoms with Crippen molar-refractivity contribution >= 4 is 23.4 Å². The Labute approximate surface area is 155 Å². The van der Waals surface area contributed by atoms with E-state index in [9.17, 15) is 4.79 Å². The van der Waals surface area contributed by atoms with Gasteiger partial charge in [0.1, 0.15) is 23.6 Å². The third kappa shape index (κ3) is 5.25. The molecule has 2 aromatic carbocycles. The Morgan fingerprint density at radius 2 is 1.73 bits per heavy atom. The molecule has 0 aliphatic rings. The molecule has 0 saturated carbocycles. The summed E-state index contributed by atoms with van der Waals surface area (Å²) >= 11 is 1.29. The maximum absolute atomic E-state index is 11.9. The zero-order valence-corrected chi connectivity index (χ0v) is 15.0. The summed E-state index contributed by atoms with van der Waals surface area (Å²) in [5.74, 6) is 2.34. The Balaban J connectivity index is 1.50. The summed E-state index contributed by atoms with van der Waals surface area (Å²) < 4.78 is 11.2. The first kappa shape index (κ1) is 17.8. The molecule has 0 saturated heterocycles. The van der Waals surface area contributed by atoms with E-state index >= 15 is 0 Å². The number of ether oxygens (including phenoxy) is 2. The van der Waals surface area contributed by atoms with Crippen LogP contribution in [0.4, 0.5) is 5.69 Å². The van der Waals surface area contributed by atoms with Crippen molar-refractivity contribution in [2.24, 2.45) is 0 Å². The molecule has 0 radical (unpaired) electrons. The first-order chi connectivity index (χ1) is 12.7. The van der Waals surface area contributed by atoms with Gasteiger partial charge >= 0.3 is 0 Å². The zero-order chi connectivity index (χ0) is 18.2. The highest BCUT2D eigenvalue weighted by atomic mass is 32.2. The molecule has 1 amide bonds. The third-order valence-electron chi connectivity index (χ3n) is 3.24. The number of carbonyl (C=O) groups is 1. The van der Waals surface area contributed by atoms with Gasteiger partial charge in [-0.2, -0.15) is 5.10 Å². The van der Waals surface area contributed by atoms with Crippen molar-refractivity contribution in [3.8, 4) is 17.2 Å². The van der Waals surface area contributed by atoms with E-state index in [4.69, 9.17) is 9.47 Å². The fourth-order valence-corrected chi connectivity index (χ4v) is 2.69. The van der Waals surface area contributed by atoms with E-state index < -0.39 is 0 Å². The monoisotopic (exact) mass is 370 g/mol. The van der Waals surface area contributed by atoms with E-state index in [1.807, 2.05) is 31.2 Å². The summed E-state index contributed by atoms with van der Waals surface area (Å²) in [5.41, 5.74) is 0.701. The van der Waals surface area contributed by atoms with Crippen LogP contribution in [-0.4, -0.2) is 33.4 Å². The average molecular weight is 370 g/mol. The SMILES string of the molecule is CCOc1ccc(Oc2ccc(NC(=O)CSc3ncn[nH]3)cc2)cc1. The summed E-state index contributed by atoms with van der Waals surface area (Å²) in [5, 5.41) is 9.86. The number of benzene rings is 2. The number of aromatic amines is 1. The average Bonchev–Trinajstić information content (AvgIpc) is 3.17. The van der Waals surface area contributed by atoms with E-state index in [0.717, 1.165) is 5.75 Å². The highest BCUT2D eigenvalue weighted by molar-refractivity contribution is 7.99. The summed E-state index contributed by atoms with van der Waals surface area (Å²) in [6, 6.07) is 14.6. The Bertz CT molecular complexity index is 821. The summed E-state index contributed by atoms with van der Waals surface area (Å²) in [6.45, 7) is 2.57. The maximum Gasteiger partial charge on any atom is 0.234 e. The van der Waals surface area contributed by atoms with Crippen molar-refractivity contribution in [1.82, 2.24) is 15.2 Å². The van der Waals surface area contributed by atoms with Gasteiger partial charge in [-0.15, -0.1) is 0 Å². The first-order valence-corrected chi connectivity index (χ1v) is 9.00. The molecule has 8 heteroatoms. The van der Waals surface area contributed by atoms with Gasteiger partial charge in [-0.1, -0.05) is 11.8 Å². The second kappa shape index (κ2) is 8.91. The smallest absolute Gasteiger partial charge is 0.234 e. The molecule has 3 rings (SSSR count). The van der Waals surface area contributed by atoms with Crippen molar-refractivity contribution in [2.75, 3.05) is 17.7 Å². The van der Waals surface area contributed by atoms with E-state index in [0.29, 0.717) is 28.9 Å². The lowest BCUT2D eigenvalue weighted by atomic mass is 10.3. The summed E-state index contributed by atoms with van der Waals surface area (Å²) in [6.07, 6.45) is 1.41. The van der Waals surface area contributed by atoms with Crippen LogP contribution in [0.25, 0.3) is 0 Å². The molecule has 0 unspecified atom stereocenters. The predicted octanol–water partition coefficient (Wildman–Crippen LogP) is 3.73. The molecule has 2 N–H and O–H groups in total. The van der Waals surface area contributed by atoms with Crippen molar-refractivity contribution in [2.45, 2.75) is 12.1 Å². The highest BCUT2D eigenvalue weighted by Gasteiger charge is 2.06. The molecular weight excluding hydrogens is 352 g/mol. The molecular formula is C18H18N4O3S. The number of carbonyl (C=O) groups excluding carboxylic acids is 1. The highest BCUT2D eigenvalue weighted by Crippen LogP contribution is 2.25. The molecule has 1 heterocycles. The van der Waals surface area contributed by atoms with Gasteiger partial charge in [0.15, 0.2) is 5.16 Å². The van der Waals surface area contributed by atoms with Crippen molar-refractivity contribution in [3.63, 3.8) is 0 Å². The topological polar surface area (TPSA) is 89.1 Å². The predicted molar refractivity (Wildman–Crippen MR) is 99.9 cm³/mol. The minimum absolute atomic E-state index is 0.119. The molecule has 0 atom stereocenters. The Morgan fingerprint density at radius 3 is 2.35 bits per heavy atom. The maximum atomic E-state index is 11.9. The van der Waals surface area contributed by atoms with Gasteiger partial charge in [-0.3, -0.25) is 9.89 Å². The fraction of sp³-hybridized carbons (Fsp3) is 0.167. The van der Waals surface area contributed by atoms with Crippen LogP contribution in [0.3, 0.4) is 0 Å². The van der Waals surface area contributed by atoms with Crippen molar-refractivity contribution < 1.29 is 14.3 Å². The van der Waals surface area contributed by atoms with Gasteiger partial charge < -0.3 is 14.8 Å². The van der Waals surface area contributed by atoms with Crippen molar-refractivity contribution in [1.29, 1.82) is 0 Å². The van der Waals surface area contributed by atoms with Gasteiger partial charge in [-0.05, 0) is 55.5 Å². The molecule has 7 nitrogen and oxygen atoms in total. The van der Waals surface area contributed by atoms with E-state index in [2.05, 4.69) is 20.5 Å². The molecule has 134 valence electrons. The number of rotatable bonds is 8. The lowest BCUT2D eigenvalue weighted by Crippen LogP contribution is -2.14. The quantitative estimate of drug-likeness (QED) is 0.587. The van der Waals surface area contributed by atoms with Crippen LogP contribution in [0.5, 0.6) is 17.2 Å². The number of hydrogen-bond donors (Lipinski definition) is 2. The largest absolute Gasteiger partial charge is 0.494 e. The Kier molecular flexibility index (Phi) is 6.10. The number of nitrogens with one attached hydrogen (secondary N) is 2. The molecule has 0 bridgehead atoms. The molecule has 0 fully saturated rings. The number of H-pyrrole nitrogens is 1. The number of aromatic nitrogens is 3. The Morgan fingerprint density at radius 1 is 1.08 bits per heavy atom. The van der Waals surface area contributed by atoms with Gasteiger partial charge in [0, 0.05) is 5.69 Å². The lowest BCUT2D eigenvalue weighted by Gasteiger charge is -2.09. The third-order valence-corrected chi connectivity index (χ3v) is 4.12. The van der Waals surface area contributed by atoms with Crippen LogP contribution in [-0.2, 0) is 4.79 Å². The van der Waals surface area contributed by atoms with Gasteiger partial charge in [0.05, 0.1) is 12.4 Å². The number of anilines is 1. The zero-order valence-electron chi connectivity index (χ0n) is 14.1. The van der Waals surface area contributed by atoms with Crippen LogP contribution >= 0.6 is 11.8 Å². The van der Waals surface area contributed by atoms with Crippen LogP contribution in [0.15, 0.2) is 60.0 Å². The normalized spacial score (nSPS) is 10.3. The van der Waals surface area contributed by atoms with Gasteiger partial charge in [0.2, 0.25) is 5.91 Å². The van der Waals surface area contributed by atoms with Gasteiger partial charge in [0.25, 0.3) is 0 Å². The summed E-state index contributed by atoms with van der Waals surface area (Å²) in [7, 11) is 0. The van der Waals surface area contributed by atoms with E-state index in [1.54, 1.807) is 24.3 Å². The lowest BCUT2D eigenvalue weighted by molar-refractivity contribution is -0.113. The van der Waals surface area contributed by atoms with Gasteiger partial charge in [-0.25, -0.2) is 4.98 Å². The fourth-order valence-electron chi connectivity index (χ4n) is 2.11. The van der Waals surface area contributed by atoms with Crippen LogP contribution in [0, 0.1) is 0 Å². The number of hydrogen-bond acceptors (Lipinski definition) is 6. The van der Waals surface area contributed by atoms with E-state index in [1.165, 1.54) is 18.1 Å². The Hall–Kier alpha value is -3.00. The van der Waals surface area contributed by atoms with Crippen LogP contribution in [0.2, 0.25) is 0 Å². The molecule has 0 aliphatic heterocycles. The van der Waals surface area contributed by atoms with Crippen LogP contribution < -0.4 is 14.8 Å². The second-order valence-electron chi connectivity index (χ2n) is 5.16. The number of amides is 1. The molecule has 26 heavy (non-hydrogen) atoms. The van der Waals surface area contributed by atoms with Crippen LogP contribution in [0.1, 0.15) is 6.92 Å². The molecule has 0 spiro atoms. The number of thioether (sulfide) groups is 1. The van der Waals surface area contributed by atoms with Crippen molar-refractivity contribution in [3.05, 3.63) is 54.9 Å². The molecule has 0 aliphatic carbocycles. The number of nitrogens with zero attached hydrogens (tertiary/aromatic N) is 2. The second-order valence-corrected chi connectivity index (χ2v) is 6.12. The molecule has 1 aromatic heterocycles. The molecule has 3 aromatic rings. The standard InChI is InChI=1S/C18H18N4O3S/c1-2-24-14-7-9-16(10-8-14)25-15-5-3-13(4-6-15)21-17(23)11-26-18-19-12-20-22-18/h3-10,12H,2,11H2,1H3,(H,21,23)(H,19,20,22). The minimum Gasteiger partial charge on any atom is -0.494 e. The van der Waals surface area contributed by atoms with E-state index in [-0.39, 0.29) is 11.7 Å².